The molecule has 1 amide bonds. The van der Waals surface area contributed by atoms with Gasteiger partial charge in [0.1, 0.15) is 17.5 Å². The maximum absolute atomic E-state index is 13.1. The number of amides is 1. The normalized spacial score (nSPS) is 20.6. The minimum atomic E-state index is -1.20. The molecule has 0 bridgehead atoms. The molecule has 2 rings (SSSR count). The van der Waals surface area contributed by atoms with Crippen molar-refractivity contribution in [3.05, 3.63) is 29.8 Å². The Balaban J connectivity index is 2.23. The van der Waals surface area contributed by atoms with Gasteiger partial charge in [0, 0.05) is 39.1 Å². The van der Waals surface area contributed by atoms with Crippen molar-refractivity contribution in [2.75, 3.05) is 27.3 Å². The monoisotopic (exact) mass is 434 g/mol. The Morgan fingerprint density at radius 1 is 1.23 bits per heavy atom. The Morgan fingerprint density at radius 2 is 1.87 bits per heavy atom. The number of carbonyl (C=O) groups excluding carboxylic acids is 2. The zero-order valence-corrected chi connectivity index (χ0v) is 19.3. The summed E-state index contributed by atoms with van der Waals surface area (Å²) in [4.78, 5) is 31.5. The maximum Gasteiger partial charge on any atom is 0.306 e. The lowest BCUT2D eigenvalue weighted by Crippen LogP contribution is -2.50. The number of carbonyl (C=O) groups is 2. The second kappa shape index (κ2) is 10.1. The first-order valence-corrected chi connectivity index (χ1v) is 10.5. The molecule has 1 aromatic rings. The summed E-state index contributed by atoms with van der Waals surface area (Å²) < 4.78 is 16.9. The molecule has 0 spiro atoms. The first-order chi connectivity index (χ1) is 14.5. The van der Waals surface area contributed by atoms with E-state index in [0.717, 1.165) is 0 Å². The molecule has 0 aromatic heterocycles. The maximum atomic E-state index is 13.1. The van der Waals surface area contributed by atoms with Gasteiger partial charge in [0.25, 0.3) is 5.91 Å². The summed E-state index contributed by atoms with van der Waals surface area (Å²) >= 11 is 0. The standard InChI is InChI=1S/C23H34N2O6/c1-16-23(21(28)25(5)6,13-12-19(27)31-22(2,3)4)24-20(30-16)17-8-10-18(11-9-17)29-15-7-14-26/h8-11,16,26H,7,12-15H2,1-6H3/t16-,23-/m1/s1. The van der Waals surface area contributed by atoms with Gasteiger partial charge in [-0.3, -0.25) is 9.59 Å². The lowest BCUT2D eigenvalue weighted by atomic mass is 9.87. The van der Waals surface area contributed by atoms with Crippen LogP contribution in [0.15, 0.2) is 29.3 Å². The third-order valence-electron chi connectivity index (χ3n) is 4.84. The molecular formula is C23H34N2O6. The van der Waals surface area contributed by atoms with E-state index in [2.05, 4.69) is 4.99 Å². The van der Waals surface area contributed by atoms with Crippen LogP contribution in [0.2, 0.25) is 0 Å². The highest BCUT2D eigenvalue weighted by atomic mass is 16.6. The summed E-state index contributed by atoms with van der Waals surface area (Å²) in [5.74, 6) is 0.430. The minimum absolute atomic E-state index is 0.0545. The van der Waals surface area contributed by atoms with Crippen LogP contribution in [0.3, 0.4) is 0 Å². The van der Waals surface area contributed by atoms with Gasteiger partial charge < -0.3 is 24.2 Å². The number of hydrogen-bond acceptors (Lipinski definition) is 7. The molecule has 0 saturated carbocycles. The van der Waals surface area contributed by atoms with Gasteiger partial charge in [-0.1, -0.05) is 0 Å². The fourth-order valence-corrected chi connectivity index (χ4v) is 3.30. The molecule has 0 aliphatic carbocycles. The van der Waals surface area contributed by atoms with E-state index in [1.165, 1.54) is 4.90 Å². The van der Waals surface area contributed by atoms with Crippen molar-refractivity contribution < 1.29 is 28.9 Å². The highest BCUT2D eigenvalue weighted by Crippen LogP contribution is 2.35. The second-order valence-corrected chi connectivity index (χ2v) is 8.84. The van der Waals surface area contributed by atoms with Crippen LogP contribution in [0.4, 0.5) is 0 Å². The number of rotatable bonds is 9. The summed E-state index contributed by atoms with van der Waals surface area (Å²) in [5, 5.41) is 8.85. The summed E-state index contributed by atoms with van der Waals surface area (Å²) in [6.45, 7) is 7.71. The Hall–Kier alpha value is -2.61. The van der Waals surface area contributed by atoms with Crippen molar-refractivity contribution in [1.29, 1.82) is 0 Å². The fraction of sp³-hybridized carbons (Fsp3) is 0.609. The number of benzene rings is 1. The molecular weight excluding hydrogens is 400 g/mol. The molecule has 1 aromatic carbocycles. The van der Waals surface area contributed by atoms with E-state index in [9.17, 15) is 9.59 Å². The zero-order chi connectivity index (χ0) is 23.2. The summed E-state index contributed by atoms with van der Waals surface area (Å²) in [6.07, 6.45) is 0.257. The lowest BCUT2D eigenvalue weighted by molar-refractivity contribution is -0.155. The van der Waals surface area contributed by atoms with Gasteiger partial charge in [-0.25, -0.2) is 4.99 Å². The number of aliphatic hydroxyl groups is 1. The Labute approximate surface area is 184 Å². The molecule has 1 aliphatic heterocycles. The zero-order valence-electron chi connectivity index (χ0n) is 19.3. The lowest BCUT2D eigenvalue weighted by Gasteiger charge is -2.30. The number of aliphatic imine (C=N–C) groups is 1. The van der Waals surface area contributed by atoms with Crippen molar-refractivity contribution in [1.82, 2.24) is 4.90 Å². The van der Waals surface area contributed by atoms with Crippen molar-refractivity contribution >= 4 is 17.8 Å². The summed E-state index contributed by atoms with van der Waals surface area (Å²) in [7, 11) is 3.33. The van der Waals surface area contributed by atoms with Gasteiger partial charge in [0.2, 0.25) is 5.90 Å². The first kappa shape index (κ1) is 24.7. The van der Waals surface area contributed by atoms with Crippen LogP contribution in [0.5, 0.6) is 5.75 Å². The third kappa shape index (κ3) is 6.43. The molecule has 2 atom stereocenters. The minimum Gasteiger partial charge on any atom is -0.494 e. The van der Waals surface area contributed by atoms with E-state index < -0.39 is 17.2 Å². The van der Waals surface area contributed by atoms with E-state index in [4.69, 9.17) is 19.3 Å². The summed E-state index contributed by atoms with van der Waals surface area (Å²) in [6, 6.07) is 7.20. The number of hydrogen-bond donors (Lipinski definition) is 1. The number of aliphatic hydroxyl groups excluding tert-OH is 1. The Morgan fingerprint density at radius 3 is 2.42 bits per heavy atom. The first-order valence-electron chi connectivity index (χ1n) is 10.5. The molecule has 8 nitrogen and oxygen atoms in total. The van der Waals surface area contributed by atoms with Gasteiger partial charge >= 0.3 is 5.97 Å². The topological polar surface area (TPSA) is 97.7 Å². The predicted octanol–water partition coefficient (Wildman–Crippen LogP) is 2.56. The van der Waals surface area contributed by atoms with E-state index in [1.54, 1.807) is 53.9 Å². The molecule has 8 heteroatoms. The van der Waals surface area contributed by atoms with Crippen LogP contribution < -0.4 is 4.74 Å². The van der Waals surface area contributed by atoms with E-state index in [1.807, 2.05) is 12.1 Å². The number of esters is 1. The van der Waals surface area contributed by atoms with E-state index in [0.29, 0.717) is 30.2 Å². The van der Waals surface area contributed by atoms with Crippen molar-refractivity contribution in [3.63, 3.8) is 0 Å². The third-order valence-corrected chi connectivity index (χ3v) is 4.84. The molecule has 0 fully saturated rings. The highest BCUT2D eigenvalue weighted by Gasteiger charge is 2.51. The molecule has 0 radical (unpaired) electrons. The van der Waals surface area contributed by atoms with Crippen LogP contribution in [0.1, 0.15) is 52.5 Å². The highest BCUT2D eigenvalue weighted by molar-refractivity contribution is 6.00. The fourth-order valence-electron chi connectivity index (χ4n) is 3.30. The van der Waals surface area contributed by atoms with Gasteiger partial charge in [0.05, 0.1) is 6.61 Å². The number of nitrogens with zero attached hydrogens (tertiary/aromatic N) is 2. The second-order valence-electron chi connectivity index (χ2n) is 8.84. The number of ether oxygens (including phenoxy) is 3. The van der Waals surface area contributed by atoms with Gasteiger partial charge in [-0.15, -0.1) is 0 Å². The van der Waals surface area contributed by atoms with Crippen LogP contribution in [0, 0.1) is 0 Å². The molecule has 31 heavy (non-hydrogen) atoms. The van der Waals surface area contributed by atoms with Crippen LogP contribution in [-0.2, 0) is 19.1 Å². The molecule has 1 N–H and O–H groups in total. The van der Waals surface area contributed by atoms with Crippen molar-refractivity contribution in [2.45, 2.75) is 64.2 Å². The van der Waals surface area contributed by atoms with Gasteiger partial charge in [0.15, 0.2) is 5.54 Å². The van der Waals surface area contributed by atoms with Crippen LogP contribution >= 0.6 is 0 Å². The quantitative estimate of drug-likeness (QED) is 0.474. The molecule has 1 heterocycles. The van der Waals surface area contributed by atoms with Crippen molar-refractivity contribution in [3.8, 4) is 5.75 Å². The van der Waals surface area contributed by atoms with Crippen molar-refractivity contribution in [2.24, 2.45) is 4.99 Å². The molecule has 172 valence electrons. The Bertz CT molecular complexity index is 797. The Kier molecular flexibility index (Phi) is 8.06. The SMILES string of the molecule is C[C@H]1OC(c2ccc(OCCCO)cc2)=N[C@@]1(CCC(=O)OC(C)(C)C)C(=O)N(C)C. The molecule has 0 saturated heterocycles. The average Bonchev–Trinajstić information content (AvgIpc) is 3.02. The summed E-state index contributed by atoms with van der Waals surface area (Å²) in [5.41, 5.74) is -1.08. The van der Waals surface area contributed by atoms with Crippen LogP contribution in [-0.4, -0.2) is 72.3 Å². The van der Waals surface area contributed by atoms with E-state index >= 15 is 0 Å². The predicted molar refractivity (Wildman–Crippen MR) is 117 cm³/mol. The smallest absolute Gasteiger partial charge is 0.306 e. The molecule has 0 unspecified atom stereocenters. The van der Waals surface area contributed by atoms with E-state index in [-0.39, 0.29) is 31.3 Å². The van der Waals surface area contributed by atoms with Gasteiger partial charge in [-0.05, 0) is 58.4 Å². The van der Waals surface area contributed by atoms with Gasteiger partial charge in [-0.2, -0.15) is 0 Å². The largest absolute Gasteiger partial charge is 0.494 e. The van der Waals surface area contributed by atoms with Crippen LogP contribution in [0.25, 0.3) is 0 Å². The average molecular weight is 435 g/mol. The number of likely N-dealkylation sites (N-methyl/N-ethyl adjacent to an activating group) is 1. The molecule has 1 aliphatic rings.